The Labute approximate surface area is 82.9 Å². The van der Waals surface area contributed by atoms with E-state index < -0.39 is 12.1 Å². The van der Waals surface area contributed by atoms with Gasteiger partial charge in [0.15, 0.2) is 11.9 Å². The lowest BCUT2D eigenvalue weighted by atomic mass is 10.1. The van der Waals surface area contributed by atoms with Crippen molar-refractivity contribution in [3.8, 4) is 0 Å². The van der Waals surface area contributed by atoms with E-state index in [-0.39, 0.29) is 18.0 Å². The molecule has 0 N–H and O–H groups in total. The van der Waals surface area contributed by atoms with E-state index in [4.69, 9.17) is 4.74 Å². The quantitative estimate of drug-likeness (QED) is 0.363. The number of hydrogen-bond acceptors (Lipinski definition) is 4. The minimum absolute atomic E-state index is 0.192. The minimum atomic E-state index is -0.829. The number of carbonyl (C=O) groups is 3. The molecule has 0 rings (SSSR count). The monoisotopic (exact) mass is 198 g/mol. The van der Waals surface area contributed by atoms with Crippen molar-refractivity contribution in [1.29, 1.82) is 0 Å². The van der Waals surface area contributed by atoms with Crippen LogP contribution in [0.25, 0.3) is 0 Å². The molecule has 0 aromatic heterocycles. The smallest absolute Gasteiger partial charge is 0.330 e. The molecule has 4 heteroatoms. The number of Topliss-reactive ketones (excluding diaryl/α,β-unsaturated/α-hetero) is 2. The Kier molecular flexibility index (Phi) is 5.44. The highest BCUT2D eigenvalue weighted by molar-refractivity contribution is 6.01. The topological polar surface area (TPSA) is 60.4 Å². The maximum Gasteiger partial charge on any atom is 0.330 e. The van der Waals surface area contributed by atoms with Crippen molar-refractivity contribution in [2.75, 3.05) is 0 Å². The molecule has 0 aliphatic rings. The first-order valence-electron chi connectivity index (χ1n) is 4.36. The summed E-state index contributed by atoms with van der Waals surface area (Å²) in [4.78, 5) is 32.7. The lowest BCUT2D eigenvalue weighted by Crippen LogP contribution is -2.27. The molecule has 0 radical (unpaired) electrons. The molecule has 0 aromatic carbocycles. The van der Waals surface area contributed by atoms with Gasteiger partial charge in [-0.3, -0.25) is 9.59 Å². The molecule has 0 amide bonds. The molecule has 4 nitrogen and oxygen atoms in total. The third kappa shape index (κ3) is 4.54. The number of ether oxygens (including phenoxy) is 1. The van der Waals surface area contributed by atoms with Crippen LogP contribution in [0.2, 0.25) is 0 Å². The Balaban J connectivity index is 4.25. The van der Waals surface area contributed by atoms with Crippen molar-refractivity contribution in [1.82, 2.24) is 0 Å². The molecule has 0 fully saturated rings. The summed E-state index contributed by atoms with van der Waals surface area (Å²) in [5.74, 6) is -1.24. The van der Waals surface area contributed by atoms with E-state index in [1.54, 1.807) is 6.92 Å². The third-order valence-electron chi connectivity index (χ3n) is 1.58. The summed E-state index contributed by atoms with van der Waals surface area (Å²) in [7, 11) is 0. The van der Waals surface area contributed by atoms with Crippen LogP contribution < -0.4 is 0 Å². The van der Waals surface area contributed by atoms with E-state index in [1.165, 1.54) is 6.92 Å². The summed E-state index contributed by atoms with van der Waals surface area (Å²) in [6.07, 6.45) is 0.336. The molecule has 1 unspecified atom stereocenters. The Morgan fingerprint density at radius 1 is 1.43 bits per heavy atom. The molecule has 0 saturated heterocycles. The molecular weight excluding hydrogens is 184 g/mol. The maximum absolute atomic E-state index is 11.3. The summed E-state index contributed by atoms with van der Waals surface area (Å²) in [5.41, 5.74) is 0. The predicted octanol–water partition coefficient (Wildman–Crippen LogP) is 1.04. The third-order valence-corrected chi connectivity index (χ3v) is 1.58. The molecule has 0 spiro atoms. The van der Waals surface area contributed by atoms with E-state index >= 15 is 0 Å². The number of hydrogen-bond donors (Lipinski definition) is 0. The second kappa shape index (κ2) is 6.07. The van der Waals surface area contributed by atoms with E-state index in [1.807, 2.05) is 0 Å². The van der Waals surface area contributed by atoms with Gasteiger partial charge in [0.2, 0.25) is 0 Å². The number of rotatable bonds is 6. The summed E-state index contributed by atoms with van der Waals surface area (Å²) in [6, 6.07) is 0. The van der Waals surface area contributed by atoms with Crippen LogP contribution in [0.1, 0.15) is 26.7 Å². The standard InChI is InChI=1S/C10H14O4/c1-4-9(14-10(13)5-2)8(12)6-7(3)11/h5,9H,2,4,6H2,1,3H3. The Bertz CT molecular complexity index is 255. The van der Waals surface area contributed by atoms with Gasteiger partial charge in [0.1, 0.15) is 5.78 Å². The second-order valence-electron chi connectivity index (χ2n) is 2.88. The van der Waals surface area contributed by atoms with Crippen LogP contribution in [0.15, 0.2) is 12.7 Å². The van der Waals surface area contributed by atoms with Crippen LogP contribution in [-0.4, -0.2) is 23.6 Å². The highest BCUT2D eigenvalue weighted by Gasteiger charge is 2.20. The van der Waals surface area contributed by atoms with Gasteiger partial charge in [0.05, 0.1) is 6.42 Å². The Hall–Kier alpha value is -1.45. The zero-order valence-corrected chi connectivity index (χ0v) is 8.41. The predicted molar refractivity (Wildman–Crippen MR) is 50.7 cm³/mol. The van der Waals surface area contributed by atoms with Gasteiger partial charge >= 0.3 is 5.97 Å². The minimum Gasteiger partial charge on any atom is -0.451 e. The molecule has 14 heavy (non-hydrogen) atoms. The summed E-state index contributed by atoms with van der Waals surface area (Å²) >= 11 is 0. The van der Waals surface area contributed by atoms with Gasteiger partial charge in [-0.2, -0.15) is 0 Å². The normalized spacial score (nSPS) is 11.6. The first-order chi connectivity index (χ1) is 6.51. The van der Waals surface area contributed by atoms with E-state index in [9.17, 15) is 14.4 Å². The molecule has 0 heterocycles. The van der Waals surface area contributed by atoms with Gasteiger partial charge in [-0.25, -0.2) is 4.79 Å². The van der Waals surface area contributed by atoms with Gasteiger partial charge < -0.3 is 4.74 Å². The van der Waals surface area contributed by atoms with Crippen LogP contribution in [0, 0.1) is 0 Å². The molecule has 78 valence electrons. The lowest BCUT2D eigenvalue weighted by Gasteiger charge is -2.12. The van der Waals surface area contributed by atoms with Crippen LogP contribution in [-0.2, 0) is 19.1 Å². The van der Waals surface area contributed by atoms with Gasteiger partial charge in [0, 0.05) is 6.08 Å². The van der Waals surface area contributed by atoms with Gasteiger partial charge in [-0.15, -0.1) is 0 Å². The maximum atomic E-state index is 11.3. The van der Waals surface area contributed by atoms with Crippen LogP contribution in [0.3, 0.4) is 0 Å². The van der Waals surface area contributed by atoms with Crippen LogP contribution in [0.5, 0.6) is 0 Å². The van der Waals surface area contributed by atoms with Gasteiger partial charge in [-0.05, 0) is 13.3 Å². The Morgan fingerprint density at radius 3 is 2.36 bits per heavy atom. The fraction of sp³-hybridized carbons (Fsp3) is 0.500. The van der Waals surface area contributed by atoms with Crippen molar-refractivity contribution in [2.24, 2.45) is 0 Å². The fourth-order valence-corrected chi connectivity index (χ4v) is 0.924. The average molecular weight is 198 g/mol. The van der Waals surface area contributed by atoms with Crippen molar-refractivity contribution in [3.63, 3.8) is 0 Å². The first kappa shape index (κ1) is 12.6. The Morgan fingerprint density at radius 2 is 2.00 bits per heavy atom. The molecular formula is C10H14O4. The second-order valence-corrected chi connectivity index (χ2v) is 2.88. The SMILES string of the molecule is C=CC(=O)OC(CC)C(=O)CC(C)=O. The largest absolute Gasteiger partial charge is 0.451 e. The zero-order valence-electron chi connectivity index (χ0n) is 8.41. The van der Waals surface area contributed by atoms with Crippen LogP contribution in [0.4, 0.5) is 0 Å². The van der Waals surface area contributed by atoms with Crippen molar-refractivity contribution < 1.29 is 19.1 Å². The molecule has 0 aliphatic heterocycles. The van der Waals surface area contributed by atoms with E-state index in [2.05, 4.69) is 6.58 Å². The fourth-order valence-electron chi connectivity index (χ4n) is 0.924. The van der Waals surface area contributed by atoms with E-state index in [0.717, 1.165) is 6.08 Å². The first-order valence-corrected chi connectivity index (χ1v) is 4.36. The zero-order chi connectivity index (χ0) is 11.1. The average Bonchev–Trinajstić information content (AvgIpc) is 2.12. The molecule has 0 aliphatic carbocycles. The molecule has 0 bridgehead atoms. The number of ketones is 2. The van der Waals surface area contributed by atoms with Crippen molar-refractivity contribution >= 4 is 17.5 Å². The molecule has 0 saturated carbocycles. The summed E-state index contributed by atoms with van der Waals surface area (Å²) in [5, 5.41) is 0. The molecule has 1 atom stereocenters. The lowest BCUT2D eigenvalue weighted by molar-refractivity contribution is -0.151. The highest BCUT2D eigenvalue weighted by atomic mass is 16.5. The number of esters is 1. The highest BCUT2D eigenvalue weighted by Crippen LogP contribution is 2.04. The van der Waals surface area contributed by atoms with E-state index in [0.29, 0.717) is 6.42 Å². The van der Waals surface area contributed by atoms with Crippen LogP contribution >= 0.6 is 0 Å². The molecule has 0 aromatic rings. The van der Waals surface area contributed by atoms with Gasteiger partial charge in [0.25, 0.3) is 0 Å². The summed E-state index contributed by atoms with van der Waals surface area (Å²) in [6.45, 7) is 6.24. The van der Waals surface area contributed by atoms with Crippen molar-refractivity contribution in [2.45, 2.75) is 32.8 Å². The summed E-state index contributed by atoms with van der Waals surface area (Å²) < 4.78 is 4.75. The van der Waals surface area contributed by atoms with Crippen molar-refractivity contribution in [3.05, 3.63) is 12.7 Å². The number of carbonyl (C=O) groups excluding carboxylic acids is 3. The van der Waals surface area contributed by atoms with Gasteiger partial charge in [-0.1, -0.05) is 13.5 Å².